The van der Waals surface area contributed by atoms with Crippen molar-refractivity contribution >= 4 is 43.5 Å². The summed E-state index contributed by atoms with van der Waals surface area (Å²) in [7, 11) is 0. The van der Waals surface area contributed by atoms with Crippen LogP contribution in [0.3, 0.4) is 0 Å². The van der Waals surface area contributed by atoms with Gasteiger partial charge < -0.3 is 4.42 Å². The lowest BCUT2D eigenvalue weighted by Crippen LogP contribution is -1.97. The van der Waals surface area contributed by atoms with Crippen molar-refractivity contribution in [3.8, 4) is 67.3 Å². The second kappa shape index (κ2) is 13.6. The number of fused-ring (bicyclic) bond motifs is 6. The summed E-state index contributed by atoms with van der Waals surface area (Å²) in [5.74, 6) is 0.652. The van der Waals surface area contributed by atoms with Gasteiger partial charge in [-0.2, -0.15) is 0 Å². The Kier molecular flexibility index (Phi) is 7.82. The van der Waals surface area contributed by atoms with Crippen LogP contribution in [0.1, 0.15) is 0 Å². The van der Waals surface area contributed by atoms with Crippen LogP contribution in [0.25, 0.3) is 111 Å². The van der Waals surface area contributed by atoms with E-state index < -0.39 is 0 Å². The van der Waals surface area contributed by atoms with Gasteiger partial charge in [0.1, 0.15) is 11.2 Å². The zero-order valence-corrected chi connectivity index (χ0v) is 30.9. The first kappa shape index (κ1) is 32.8. The van der Waals surface area contributed by atoms with Crippen molar-refractivity contribution in [2.45, 2.75) is 0 Å². The Bertz CT molecular complexity index is 3290. The Morgan fingerprint density at radius 3 is 1.63 bits per heavy atom. The topological polar surface area (TPSA) is 38.9 Å². The largest absolute Gasteiger partial charge is 0.455 e. The maximum absolute atomic E-state index is 6.79. The standard InChI is InChI=1S/C54H34N2O/c1-3-13-35(14-4-1)39-20-12-23-45(31-39)50-34-49(37-16-5-2-6-17-37)55-54(56-50)48-33-44-19-9-10-24-46(44)53-52(48)47-32-43(27-28-51(47)57-53)41-22-11-21-40(30-41)42-26-25-36-15-7-8-18-38(36)29-42/h1-34H. The molecular weight excluding hydrogens is 693 g/mol. The van der Waals surface area contributed by atoms with Gasteiger partial charge in [-0.1, -0.05) is 164 Å². The van der Waals surface area contributed by atoms with Gasteiger partial charge in [-0.3, -0.25) is 0 Å². The molecule has 0 N–H and O–H groups in total. The van der Waals surface area contributed by atoms with Crippen LogP contribution >= 0.6 is 0 Å². The molecule has 266 valence electrons. The quantitative estimate of drug-likeness (QED) is 0.171. The Morgan fingerprint density at radius 2 is 0.860 bits per heavy atom. The molecule has 0 radical (unpaired) electrons. The molecule has 0 fully saturated rings. The van der Waals surface area contributed by atoms with Gasteiger partial charge in [-0.15, -0.1) is 0 Å². The van der Waals surface area contributed by atoms with Gasteiger partial charge in [0.25, 0.3) is 0 Å². The number of hydrogen-bond acceptors (Lipinski definition) is 3. The Balaban J connectivity index is 1.12. The molecule has 2 aromatic heterocycles. The van der Waals surface area contributed by atoms with Gasteiger partial charge in [0.2, 0.25) is 0 Å². The fourth-order valence-electron chi connectivity index (χ4n) is 8.18. The Morgan fingerprint density at radius 1 is 0.316 bits per heavy atom. The van der Waals surface area contributed by atoms with E-state index in [-0.39, 0.29) is 0 Å². The highest BCUT2D eigenvalue weighted by Gasteiger charge is 2.20. The smallest absolute Gasteiger partial charge is 0.161 e. The summed E-state index contributed by atoms with van der Waals surface area (Å²) < 4.78 is 6.79. The second-order valence-electron chi connectivity index (χ2n) is 14.6. The minimum atomic E-state index is 0.652. The molecule has 0 saturated heterocycles. The highest BCUT2D eigenvalue weighted by Crippen LogP contribution is 2.43. The summed E-state index contributed by atoms with van der Waals surface area (Å²) in [6.07, 6.45) is 0. The van der Waals surface area contributed by atoms with Crippen molar-refractivity contribution in [2.75, 3.05) is 0 Å². The molecule has 0 aliphatic carbocycles. The van der Waals surface area contributed by atoms with Crippen LogP contribution in [0.2, 0.25) is 0 Å². The molecule has 0 aliphatic heterocycles. The Hall–Kier alpha value is -7.62. The van der Waals surface area contributed by atoms with Crippen LogP contribution in [-0.2, 0) is 0 Å². The van der Waals surface area contributed by atoms with Crippen LogP contribution in [0, 0.1) is 0 Å². The van der Waals surface area contributed by atoms with Crippen LogP contribution in [0.4, 0.5) is 0 Å². The summed E-state index contributed by atoms with van der Waals surface area (Å²) in [6.45, 7) is 0. The van der Waals surface area contributed by atoms with Crippen LogP contribution in [0.15, 0.2) is 211 Å². The minimum Gasteiger partial charge on any atom is -0.455 e. The average Bonchev–Trinajstić information content (AvgIpc) is 3.68. The lowest BCUT2D eigenvalue weighted by molar-refractivity contribution is 0.673. The highest BCUT2D eigenvalue weighted by molar-refractivity contribution is 6.21. The monoisotopic (exact) mass is 726 g/mol. The molecule has 11 rings (SSSR count). The van der Waals surface area contributed by atoms with E-state index >= 15 is 0 Å². The van der Waals surface area contributed by atoms with Gasteiger partial charge in [-0.05, 0) is 92.0 Å². The lowest BCUT2D eigenvalue weighted by Gasteiger charge is -2.12. The molecule has 3 nitrogen and oxygen atoms in total. The molecular formula is C54H34N2O. The molecule has 0 amide bonds. The first-order chi connectivity index (χ1) is 28.2. The zero-order valence-electron chi connectivity index (χ0n) is 30.9. The van der Waals surface area contributed by atoms with E-state index in [2.05, 4.69) is 194 Å². The van der Waals surface area contributed by atoms with Crippen molar-refractivity contribution in [3.05, 3.63) is 206 Å². The van der Waals surface area contributed by atoms with Gasteiger partial charge in [0, 0.05) is 32.8 Å². The third kappa shape index (κ3) is 5.94. The Labute approximate surface area is 330 Å². The van der Waals surface area contributed by atoms with Crippen LogP contribution in [-0.4, -0.2) is 9.97 Å². The predicted octanol–water partition coefficient (Wildman–Crippen LogP) is 14.7. The zero-order chi connectivity index (χ0) is 37.7. The molecule has 0 bridgehead atoms. The first-order valence-corrected chi connectivity index (χ1v) is 19.3. The molecule has 2 heterocycles. The number of rotatable bonds is 6. The molecule has 3 heteroatoms. The maximum Gasteiger partial charge on any atom is 0.161 e. The second-order valence-corrected chi connectivity index (χ2v) is 14.6. The van der Waals surface area contributed by atoms with Gasteiger partial charge >= 0.3 is 0 Å². The molecule has 11 aromatic rings. The van der Waals surface area contributed by atoms with Gasteiger partial charge in [-0.25, -0.2) is 9.97 Å². The summed E-state index contributed by atoms with van der Waals surface area (Å²) >= 11 is 0. The minimum absolute atomic E-state index is 0.652. The fraction of sp³-hybridized carbons (Fsp3) is 0. The summed E-state index contributed by atoms with van der Waals surface area (Å²) in [6, 6.07) is 72.8. The number of benzene rings is 9. The predicted molar refractivity (Wildman–Crippen MR) is 237 cm³/mol. The fourth-order valence-corrected chi connectivity index (χ4v) is 8.18. The van der Waals surface area contributed by atoms with E-state index in [0.717, 1.165) is 83.0 Å². The number of aromatic nitrogens is 2. The maximum atomic E-state index is 6.79. The van der Waals surface area contributed by atoms with Crippen LogP contribution in [0.5, 0.6) is 0 Å². The van der Waals surface area contributed by atoms with Crippen molar-refractivity contribution in [3.63, 3.8) is 0 Å². The molecule has 0 unspecified atom stereocenters. The molecule has 0 saturated carbocycles. The van der Waals surface area contributed by atoms with E-state index in [9.17, 15) is 0 Å². The average molecular weight is 727 g/mol. The molecule has 57 heavy (non-hydrogen) atoms. The number of hydrogen-bond donors (Lipinski definition) is 0. The normalized spacial score (nSPS) is 11.5. The van der Waals surface area contributed by atoms with Crippen molar-refractivity contribution < 1.29 is 4.42 Å². The highest BCUT2D eigenvalue weighted by atomic mass is 16.3. The van der Waals surface area contributed by atoms with E-state index in [1.165, 1.54) is 21.9 Å². The summed E-state index contributed by atoms with van der Waals surface area (Å²) in [4.78, 5) is 10.7. The van der Waals surface area contributed by atoms with Crippen LogP contribution < -0.4 is 0 Å². The molecule has 0 spiro atoms. The van der Waals surface area contributed by atoms with E-state index in [0.29, 0.717) is 5.82 Å². The van der Waals surface area contributed by atoms with Crippen molar-refractivity contribution in [1.29, 1.82) is 0 Å². The van der Waals surface area contributed by atoms with Crippen molar-refractivity contribution in [2.24, 2.45) is 0 Å². The summed E-state index contributed by atoms with van der Waals surface area (Å²) in [5, 5.41) is 6.64. The first-order valence-electron chi connectivity index (χ1n) is 19.3. The van der Waals surface area contributed by atoms with E-state index in [1.54, 1.807) is 0 Å². The van der Waals surface area contributed by atoms with Crippen molar-refractivity contribution in [1.82, 2.24) is 9.97 Å². The van der Waals surface area contributed by atoms with Gasteiger partial charge in [0.15, 0.2) is 5.82 Å². The summed E-state index contributed by atoms with van der Waals surface area (Å²) in [5.41, 5.74) is 13.3. The number of nitrogens with zero attached hydrogens (tertiary/aromatic N) is 2. The molecule has 0 atom stereocenters. The molecule has 9 aromatic carbocycles. The van der Waals surface area contributed by atoms with Gasteiger partial charge in [0.05, 0.1) is 11.4 Å². The SMILES string of the molecule is c1ccc(-c2cccc(-c3cc(-c4ccccc4)nc(-c4cc5ccccc5c5oc6ccc(-c7cccc(-c8ccc9ccccc9c8)c7)cc6c45)n3)c2)cc1. The van der Waals surface area contributed by atoms with E-state index in [4.69, 9.17) is 14.4 Å². The third-order valence-electron chi connectivity index (χ3n) is 11.0. The lowest BCUT2D eigenvalue weighted by atomic mass is 9.95. The molecule has 0 aliphatic rings. The number of furan rings is 1. The third-order valence-corrected chi connectivity index (χ3v) is 11.0. The van der Waals surface area contributed by atoms with E-state index in [1.807, 2.05) is 12.1 Å².